The summed E-state index contributed by atoms with van der Waals surface area (Å²) in [5, 5.41) is 18.1. The summed E-state index contributed by atoms with van der Waals surface area (Å²) in [6.07, 6.45) is -3.62. The first kappa shape index (κ1) is 24.8. The number of benzene rings is 2. The standard InChI is InChI=1S/C26H21F3N2O6/c1-24-8-9-25(37-24,10-11-36-17-6-3-14(4-7-17)23(34)35)20-19(24)21(32)31(22(20)33)16-5-2-15(13-30)18(12-16)26(27,28)29/h2-7,12,19-20H,8-11H2,1H3,(H,34,35)/t19-,20+,24-,25-/m1/s1. The van der Waals surface area contributed by atoms with Crippen LogP contribution in [0.1, 0.15) is 47.7 Å². The number of carbonyl (C=O) groups is 3. The van der Waals surface area contributed by atoms with Gasteiger partial charge in [0.25, 0.3) is 0 Å². The van der Waals surface area contributed by atoms with Crippen LogP contribution in [-0.4, -0.2) is 40.7 Å². The van der Waals surface area contributed by atoms with Crippen molar-refractivity contribution in [3.05, 3.63) is 59.2 Å². The number of hydrogen-bond acceptors (Lipinski definition) is 6. The minimum absolute atomic E-state index is 0.103. The highest BCUT2D eigenvalue weighted by Crippen LogP contribution is 2.62. The molecule has 192 valence electrons. The Hall–Kier alpha value is -3.91. The summed E-state index contributed by atoms with van der Waals surface area (Å²) in [7, 11) is 0. The van der Waals surface area contributed by atoms with E-state index in [0.29, 0.717) is 24.7 Å². The third kappa shape index (κ3) is 3.83. The lowest BCUT2D eigenvalue weighted by Crippen LogP contribution is -2.43. The Morgan fingerprint density at radius 3 is 2.46 bits per heavy atom. The molecular formula is C26H21F3N2O6. The molecule has 2 amide bonds. The minimum atomic E-state index is -4.84. The molecule has 3 fully saturated rings. The van der Waals surface area contributed by atoms with Gasteiger partial charge in [-0.1, -0.05) is 0 Å². The van der Waals surface area contributed by atoms with Gasteiger partial charge in [0.2, 0.25) is 11.8 Å². The molecule has 3 heterocycles. The Morgan fingerprint density at radius 1 is 1.16 bits per heavy atom. The Balaban J connectivity index is 1.40. The van der Waals surface area contributed by atoms with Crippen LogP contribution in [0.3, 0.4) is 0 Å². The van der Waals surface area contributed by atoms with Gasteiger partial charge in [0.15, 0.2) is 0 Å². The number of amides is 2. The fourth-order valence-electron chi connectivity index (χ4n) is 5.90. The summed E-state index contributed by atoms with van der Waals surface area (Å²) in [4.78, 5) is 38.8. The first-order valence-electron chi connectivity index (χ1n) is 11.6. The van der Waals surface area contributed by atoms with Crippen LogP contribution >= 0.6 is 0 Å². The van der Waals surface area contributed by atoms with Crippen LogP contribution < -0.4 is 9.64 Å². The normalized spacial score (nSPS) is 28.4. The summed E-state index contributed by atoms with van der Waals surface area (Å²) in [5.74, 6) is -3.65. The van der Waals surface area contributed by atoms with E-state index in [1.807, 2.05) is 0 Å². The predicted octanol–water partition coefficient (Wildman–Crippen LogP) is 4.17. The van der Waals surface area contributed by atoms with Crippen LogP contribution in [0.15, 0.2) is 42.5 Å². The number of imide groups is 1. The number of carbonyl (C=O) groups excluding carboxylic acids is 2. The van der Waals surface area contributed by atoms with Crippen molar-refractivity contribution in [1.29, 1.82) is 5.26 Å². The van der Waals surface area contributed by atoms with E-state index in [4.69, 9.17) is 19.8 Å². The van der Waals surface area contributed by atoms with E-state index in [1.165, 1.54) is 36.4 Å². The van der Waals surface area contributed by atoms with Crippen LogP contribution in [0, 0.1) is 23.2 Å². The quantitative estimate of drug-likeness (QED) is 0.575. The van der Waals surface area contributed by atoms with E-state index in [0.717, 1.165) is 11.0 Å². The number of carboxylic acids is 1. The molecule has 2 aromatic rings. The van der Waals surface area contributed by atoms with Crippen molar-refractivity contribution in [2.75, 3.05) is 11.5 Å². The van der Waals surface area contributed by atoms with E-state index >= 15 is 0 Å². The maximum atomic E-state index is 13.6. The van der Waals surface area contributed by atoms with E-state index in [1.54, 1.807) is 6.92 Å². The average Bonchev–Trinajstić information content (AvgIpc) is 3.43. The third-order valence-corrected chi connectivity index (χ3v) is 7.59. The van der Waals surface area contributed by atoms with Crippen LogP contribution in [-0.2, 0) is 20.5 Å². The number of halogens is 3. The number of nitrogens with zero attached hydrogens (tertiary/aromatic N) is 2. The summed E-state index contributed by atoms with van der Waals surface area (Å²) in [6, 6.07) is 10.1. The topological polar surface area (TPSA) is 117 Å². The lowest BCUT2D eigenvalue weighted by atomic mass is 9.67. The molecule has 0 unspecified atom stereocenters. The molecule has 4 atom stereocenters. The van der Waals surface area contributed by atoms with Crippen molar-refractivity contribution >= 4 is 23.5 Å². The average molecular weight is 514 g/mol. The monoisotopic (exact) mass is 514 g/mol. The maximum Gasteiger partial charge on any atom is 0.417 e. The van der Waals surface area contributed by atoms with Gasteiger partial charge >= 0.3 is 12.1 Å². The molecule has 3 aliphatic rings. The lowest BCUT2D eigenvalue weighted by Gasteiger charge is -2.31. The van der Waals surface area contributed by atoms with E-state index in [2.05, 4.69) is 0 Å². The Kier molecular flexibility index (Phi) is 5.56. The molecule has 1 N–H and O–H groups in total. The van der Waals surface area contributed by atoms with Crippen LogP contribution in [0.4, 0.5) is 18.9 Å². The second-order valence-electron chi connectivity index (χ2n) is 9.71. The molecule has 0 aliphatic carbocycles. The molecule has 0 radical (unpaired) electrons. The van der Waals surface area contributed by atoms with Crippen molar-refractivity contribution in [3.63, 3.8) is 0 Å². The van der Waals surface area contributed by atoms with Gasteiger partial charge in [0, 0.05) is 6.42 Å². The molecule has 0 saturated carbocycles. The van der Waals surface area contributed by atoms with Crippen molar-refractivity contribution in [2.45, 2.75) is 43.6 Å². The number of alkyl halides is 3. The molecule has 5 rings (SSSR count). The van der Waals surface area contributed by atoms with Crippen LogP contribution in [0.5, 0.6) is 5.75 Å². The molecule has 2 aromatic carbocycles. The summed E-state index contributed by atoms with van der Waals surface area (Å²) in [5.41, 5.74) is -3.92. The van der Waals surface area contributed by atoms with Gasteiger partial charge in [-0.2, -0.15) is 18.4 Å². The van der Waals surface area contributed by atoms with E-state index in [9.17, 15) is 27.6 Å². The Labute approximate surface area is 209 Å². The van der Waals surface area contributed by atoms with Gasteiger partial charge in [0.05, 0.1) is 58.1 Å². The highest BCUT2D eigenvalue weighted by atomic mass is 19.4. The predicted molar refractivity (Wildman–Crippen MR) is 121 cm³/mol. The van der Waals surface area contributed by atoms with Crippen molar-refractivity contribution < 1.29 is 42.1 Å². The molecule has 3 saturated heterocycles. The zero-order valence-electron chi connectivity index (χ0n) is 19.5. The van der Waals surface area contributed by atoms with Crippen LogP contribution in [0.2, 0.25) is 0 Å². The SMILES string of the molecule is C[C@]12CC[C@](CCOc3ccc(C(=O)O)cc3)(O1)[C@@H]1C(=O)N(c3ccc(C#N)c(C(F)(F)F)c3)C(=O)[C@@H]12. The van der Waals surface area contributed by atoms with Gasteiger partial charge in [-0.15, -0.1) is 0 Å². The number of rotatable bonds is 6. The number of carboxylic acid groups (broad SMARTS) is 1. The molecule has 0 aromatic heterocycles. The van der Waals surface area contributed by atoms with Crippen molar-refractivity contribution in [3.8, 4) is 11.8 Å². The molecule has 2 bridgehead atoms. The fraction of sp³-hybridized carbons (Fsp3) is 0.385. The number of fused-ring (bicyclic) bond motifs is 5. The van der Waals surface area contributed by atoms with Gasteiger partial charge in [-0.25, -0.2) is 9.69 Å². The summed E-state index contributed by atoms with van der Waals surface area (Å²) in [6.45, 7) is 1.85. The second kappa shape index (κ2) is 8.31. The smallest absolute Gasteiger partial charge is 0.417 e. The molecular weight excluding hydrogens is 493 g/mol. The molecule has 11 heteroatoms. The number of aromatic carboxylic acids is 1. The van der Waals surface area contributed by atoms with Gasteiger partial charge in [-0.3, -0.25) is 9.59 Å². The van der Waals surface area contributed by atoms with Gasteiger partial charge < -0.3 is 14.6 Å². The van der Waals surface area contributed by atoms with Crippen LogP contribution in [0.25, 0.3) is 0 Å². The molecule has 3 aliphatic heterocycles. The largest absolute Gasteiger partial charge is 0.493 e. The Morgan fingerprint density at radius 2 is 1.84 bits per heavy atom. The zero-order valence-corrected chi connectivity index (χ0v) is 19.5. The Bertz CT molecular complexity index is 1350. The van der Waals surface area contributed by atoms with Crippen molar-refractivity contribution in [2.24, 2.45) is 11.8 Å². The molecule has 0 spiro atoms. The first-order chi connectivity index (χ1) is 17.4. The molecule has 8 nitrogen and oxygen atoms in total. The maximum absolute atomic E-state index is 13.6. The highest BCUT2D eigenvalue weighted by molar-refractivity contribution is 6.23. The summed E-state index contributed by atoms with van der Waals surface area (Å²) >= 11 is 0. The number of nitriles is 1. The lowest BCUT2D eigenvalue weighted by molar-refractivity contribution is -0.138. The van der Waals surface area contributed by atoms with E-state index < -0.39 is 58.1 Å². The molecule has 37 heavy (non-hydrogen) atoms. The number of anilines is 1. The number of ether oxygens (including phenoxy) is 2. The zero-order chi connectivity index (χ0) is 26.8. The first-order valence-corrected chi connectivity index (χ1v) is 11.6. The number of hydrogen-bond donors (Lipinski definition) is 1. The fourth-order valence-corrected chi connectivity index (χ4v) is 5.90. The van der Waals surface area contributed by atoms with Crippen molar-refractivity contribution in [1.82, 2.24) is 0 Å². The second-order valence-corrected chi connectivity index (χ2v) is 9.71. The minimum Gasteiger partial charge on any atom is -0.493 e. The summed E-state index contributed by atoms with van der Waals surface area (Å²) < 4.78 is 52.6. The van der Waals surface area contributed by atoms with Gasteiger partial charge in [0.1, 0.15) is 5.75 Å². The van der Waals surface area contributed by atoms with E-state index in [-0.39, 0.29) is 24.3 Å². The third-order valence-electron chi connectivity index (χ3n) is 7.59. The highest BCUT2D eigenvalue weighted by Gasteiger charge is 2.73. The van der Waals surface area contributed by atoms with Gasteiger partial charge in [-0.05, 0) is 62.2 Å².